The monoisotopic (exact) mass is 249 g/mol. The fourth-order valence-corrected chi connectivity index (χ4v) is 1.57. The number of esters is 1. The summed E-state index contributed by atoms with van der Waals surface area (Å²) in [6.07, 6.45) is -0.219. The Morgan fingerprint density at radius 3 is 2.22 bits per heavy atom. The molecule has 0 fully saturated rings. The van der Waals surface area contributed by atoms with Crippen LogP contribution in [0.5, 0.6) is 0 Å². The minimum absolute atomic E-state index is 0.219. The number of hydrogen-bond acceptors (Lipinski definition) is 4. The number of benzene rings is 1. The van der Waals surface area contributed by atoms with Crippen LogP contribution in [0.4, 0.5) is 0 Å². The van der Waals surface area contributed by atoms with Crippen molar-refractivity contribution in [3.63, 3.8) is 0 Å². The van der Waals surface area contributed by atoms with E-state index in [-0.39, 0.29) is 6.42 Å². The van der Waals surface area contributed by atoms with Crippen molar-refractivity contribution in [1.29, 1.82) is 0 Å². The standard InChI is InChI=1S/C14H18O4/c1-14(2,3)18-12(15)9-11(13(16)17)10-7-5-4-6-8-10/h4-8,11H,9H2,1-3H3,(H,16,17)/p-1/t11-/m0/s1. The molecule has 1 aromatic carbocycles. The topological polar surface area (TPSA) is 66.4 Å². The van der Waals surface area contributed by atoms with Crippen LogP contribution in [0.15, 0.2) is 30.3 Å². The molecule has 4 nitrogen and oxygen atoms in total. The number of carboxylic acid groups (broad SMARTS) is 1. The lowest BCUT2D eigenvalue weighted by molar-refractivity contribution is -0.308. The van der Waals surface area contributed by atoms with Gasteiger partial charge in [-0.3, -0.25) is 4.79 Å². The molecule has 4 heteroatoms. The van der Waals surface area contributed by atoms with Crippen molar-refractivity contribution >= 4 is 11.9 Å². The summed E-state index contributed by atoms with van der Waals surface area (Å²) >= 11 is 0. The first-order valence-electron chi connectivity index (χ1n) is 5.77. The lowest BCUT2D eigenvalue weighted by Gasteiger charge is -2.23. The van der Waals surface area contributed by atoms with Gasteiger partial charge in [0.05, 0.1) is 6.42 Å². The summed E-state index contributed by atoms with van der Waals surface area (Å²) in [6, 6.07) is 8.54. The third-order valence-electron chi connectivity index (χ3n) is 2.28. The number of ether oxygens (including phenoxy) is 1. The summed E-state index contributed by atoms with van der Waals surface area (Å²) in [5.74, 6) is -2.78. The Bertz CT molecular complexity index is 417. The van der Waals surface area contributed by atoms with Crippen molar-refractivity contribution in [2.45, 2.75) is 38.7 Å². The molecule has 0 aromatic heterocycles. The predicted molar refractivity (Wildman–Crippen MR) is 64.7 cm³/mol. The van der Waals surface area contributed by atoms with Crippen LogP contribution in [-0.4, -0.2) is 17.5 Å². The van der Waals surface area contributed by atoms with Gasteiger partial charge < -0.3 is 14.6 Å². The highest BCUT2D eigenvalue weighted by Gasteiger charge is 2.22. The van der Waals surface area contributed by atoms with Crippen LogP contribution in [0.1, 0.15) is 38.7 Å². The van der Waals surface area contributed by atoms with Gasteiger partial charge in [0, 0.05) is 11.9 Å². The Balaban J connectivity index is 2.77. The first-order chi connectivity index (χ1) is 8.29. The summed E-state index contributed by atoms with van der Waals surface area (Å²) < 4.78 is 5.11. The van der Waals surface area contributed by atoms with Crippen LogP contribution in [0.3, 0.4) is 0 Å². The average Bonchev–Trinajstić information content (AvgIpc) is 2.24. The summed E-state index contributed by atoms with van der Waals surface area (Å²) in [5, 5.41) is 11.1. The summed E-state index contributed by atoms with van der Waals surface area (Å²) in [7, 11) is 0. The van der Waals surface area contributed by atoms with E-state index in [0.717, 1.165) is 0 Å². The molecular formula is C14H17O4-. The number of carbonyl (C=O) groups is 2. The van der Waals surface area contributed by atoms with Gasteiger partial charge in [0.15, 0.2) is 0 Å². The molecule has 0 heterocycles. The minimum atomic E-state index is -1.27. The maximum absolute atomic E-state index is 11.6. The lowest BCUT2D eigenvalue weighted by Crippen LogP contribution is -2.33. The van der Waals surface area contributed by atoms with Gasteiger partial charge in [-0.2, -0.15) is 0 Å². The molecule has 0 amide bonds. The van der Waals surface area contributed by atoms with Crippen molar-refractivity contribution < 1.29 is 19.4 Å². The highest BCUT2D eigenvalue weighted by Crippen LogP contribution is 2.21. The van der Waals surface area contributed by atoms with Crippen molar-refractivity contribution in [3.05, 3.63) is 35.9 Å². The summed E-state index contributed by atoms with van der Waals surface area (Å²) in [6.45, 7) is 5.21. The van der Waals surface area contributed by atoms with Gasteiger partial charge in [0.2, 0.25) is 0 Å². The van der Waals surface area contributed by atoms with Crippen molar-refractivity contribution in [2.75, 3.05) is 0 Å². The molecule has 98 valence electrons. The molecule has 1 atom stereocenters. The van der Waals surface area contributed by atoms with Crippen LogP contribution >= 0.6 is 0 Å². The zero-order valence-electron chi connectivity index (χ0n) is 10.8. The zero-order valence-corrected chi connectivity index (χ0v) is 10.8. The van der Waals surface area contributed by atoms with Gasteiger partial charge in [-0.05, 0) is 26.3 Å². The summed E-state index contributed by atoms with van der Waals surface area (Å²) in [5.41, 5.74) is -0.0760. The molecule has 18 heavy (non-hydrogen) atoms. The molecule has 0 bridgehead atoms. The fraction of sp³-hybridized carbons (Fsp3) is 0.429. The van der Waals surface area contributed by atoms with Crippen LogP contribution in [-0.2, 0) is 14.3 Å². The third-order valence-corrected chi connectivity index (χ3v) is 2.28. The van der Waals surface area contributed by atoms with Gasteiger partial charge in [-0.15, -0.1) is 0 Å². The highest BCUT2D eigenvalue weighted by atomic mass is 16.6. The maximum atomic E-state index is 11.6. The van der Waals surface area contributed by atoms with Crippen molar-refractivity contribution in [2.24, 2.45) is 0 Å². The highest BCUT2D eigenvalue weighted by molar-refractivity contribution is 5.82. The maximum Gasteiger partial charge on any atom is 0.307 e. The van der Waals surface area contributed by atoms with E-state index in [4.69, 9.17) is 4.74 Å². The van der Waals surface area contributed by atoms with Crippen molar-refractivity contribution in [1.82, 2.24) is 0 Å². The second-order valence-corrected chi connectivity index (χ2v) is 5.07. The molecule has 0 saturated heterocycles. The molecule has 0 radical (unpaired) electrons. The largest absolute Gasteiger partial charge is 0.549 e. The third kappa shape index (κ3) is 4.57. The van der Waals surface area contributed by atoms with Gasteiger partial charge in [0.1, 0.15) is 5.60 Å². The lowest BCUT2D eigenvalue weighted by atomic mass is 9.96. The number of carboxylic acids is 1. The SMILES string of the molecule is CC(C)(C)OC(=O)C[C@H](C(=O)[O-])c1ccccc1. The smallest absolute Gasteiger partial charge is 0.307 e. The minimum Gasteiger partial charge on any atom is -0.549 e. The molecule has 1 aromatic rings. The average molecular weight is 249 g/mol. The Morgan fingerprint density at radius 1 is 1.22 bits per heavy atom. The van der Waals surface area contributed by atoms with Gasteiger partial charge in [0.25, 0.3) is 0 Å². The van der Waals surface area contributed by atoms with Gasteiger partial charge in [-0.25, -0.2) is 0 Å². The Kier molecular flexibility index (Phi) is 4.48. The van der Waals surface area contributed by atoms with Crippen molar-refractivity contribution in [3.8, 4) is 0 Å². The van der Waals surface area contributed by atoms with E-state index >= 15 is 0 Å². The Hall–Kier alpha value is -1.84. The molecule has 0 unspecified atom stereocenters. The van der Waals surface area contributed by atoms with E-state index in [1.165, 1.54) is 0 Å². The first kappa shape index (κ1) is 14.2. The van der Waals surface area contributed by atoms with Gasteiger partial charge >= 0.3 is 5.97 Å². The number of rotatable bonds is 4. The van der Waals surface area contributed by atoms with Crippen LogP contribution < -0.4 is 5.11 Å². The molecule has 0 N–H and O–H groups in total. The Labute approximate surface area is 107 Å². The van der Waals surface area contributed by atoms with Crippen LogP contribution in [0.2, 0.25) is 0 Å². The van der Waals surface area contributed by atoms with E-state index in [0.29, 0.717) is 5.56 Å². The number of hydrogen-bond donors (Lipinski definition) is 0. The molecule has 0 saturated carbocycles. The fourth-order valence-electron chi connectivity index (χ4n) is 1.57. The molecule has 0 aliphatic carbocycles. The van der Waals surface area contributed by atoms with E-state index in [1.807, 2.05) is 0 Å². The van der Waals surface area contributed by atoms with Crippen LogP contribution in [0, 0.1) is 0 Å². The van der Waals surface area contributed by atoms with Crippen LogP contribution in [0.25, 0.3) is 0 Å². The van der Waals surface area contributed by atoms with E-state index in [2.05, 4.69) is 0 Å². The number of carbonyl (C=O) groups excluding carboxylic acids is 2. The zero-order chi connectivity index (χ0) is 13.8. The van der Waals surface area contributed by atoms with Gasteiger partial charge in [-0.1, -0.05) is 30.3 Å². The second kappa shape index (κ2) is 5.67. The Morgan fingerprint density at radius 2 is 1.78 bits per heavy atom. The second-order valence-electron chi connectivity index (χ2n) is 5.07. The van der Waals surface area contributed by atoms with E-state index in [9.17, 15) is 14.7 Å². The first-order valence-corrected chi connectivity index (χ1v) is 5.77. The molecule has 0 spiro atoms. The quantitative estimate of drug-likeness (QED) is 0.753. The predicted octanol–water partition coefficient (Wildman–Crippen LogP) is 1.25. The normalized spacial score (nSPS) is 12.8. The summed E-state index contributed by atoms with van der Waals surface area (Å²) in [4.78, 5) is 22.7. The molecule has 0 aliphatic rings. The molecule has 1 rings (SSSR count). The number of aliphatic carboxylic acids is 1. The molecule has 0 aliphatic heterocycles. The van der Waals surface area contributed by atoms with E-state index in [1.54, 1.807) is 51.1 Å². The molecular weight excluding hydrogens is 232 g/mol. The van der Waals surface area contributed by atoms with E-state index < -0.39 is 23.5 Å².